The van der Waals surface area contributed by atoms with Crippen molar-refractivity contribution in [1.29, 1.82) is 0 Å². The van der Waals surface area contributed by atoms with Gasteiger partial charge >= 0.3 is 0 Å². The average Bonchev–Trinajstić information content (AvgIpc) is 3.21. The molecular formula is C15H21NO2. The van der Waals surface area contributed by atoms with E-state index in [1.54, 1.807) is 0 Å². The van der Waals surface area contributed by atoms with Gasteiger partial charge in [-0.2, -0.15) is 0 Å². The summed E-state index contributed by atoms with van der Waals surface area (Å²) in [5.74, 6) is 0.985. The fourth-order valence-corrected chi connectivity index (χ4v) is 2.65. The maximum Gasteiger partial charge on any atom is 0.120 e. The topological polar surface area (TPSA) is 44.5 Å². The molecule has 2 aliphatic rings. The van der Waals surface area contributed by atoms with Crippen LogP contribution in [0, 0.1) is 0 Å². The Morgan fingerprint density at radius 1 is 1.28 bits per heavy atom. The fourth-order valence-electron chi connectivity index (χ4n) is 2.65. The van der Waals surface area contributed by atoms with Gasteiger partial charge in [-0.25, -0.2) is 0 Å². The Hall–Kier alpha value is -1.06. The van der Waals surface area contributed by atoms with E-state index >= 15 is 0 Å². The van der Waals surface area contributed by atoms with Crippen LogP contribution in [0.25, 0.3) is 0 Å². The molecule has 3 rings (SSSR count). The first-order valence-corrected chi connectivity index (χ1v) is 6.87. The van der Waals surface area contributed by atoms with Crippen molar-refractivity contribution in [2.24, 2.45) is 5.73 Å². The standard InChI is InChI=1S/C15H21NO2/c16-11-15(6-7-15)12-2-1-3-14(10-12)18-13-4-8-17-9-5-13/h1-3,10,13H,4-9,11,16H2. The first-order chi connectivity index (χ1) is 8.82. The number of nitrogens with two attached hydrogens (primary N) is 1. The molecule has 0 aromatic heterocycles. The van der Waals surface area contributed by atoms with Gasteiger partial charge in [0.25, 0.3) is 0 Å². The maximum atomic E-state index is 6.04. The maximum absolute atomic E-state index is 6.04. The predicted octanol–water partition coefficient (Wildman–Crippen LogP) is 2.23. The molecule has 0 unspecified atom stereocenters. The average molecular weight is 247 g/mol. The van der Waals surface area contributed by atoms with Crippen molar-refractivity contribution in [2.75, 3.05) is 19.8 Å². The summed E-state index contributed by atoms with van der Waals surface area (Å²) < 4.78 is 11.4. The molecule has 0 amide bonds. The Balaban J connectivity index is 1.70. The predicted molar refractivity (Wildman–Crippen MR) is 70.9 cm³/mol. The molecule has 2 fully saturated rings. The first-order valence-electron chi connectivity index (χ1n) is 6.87. The van der Waals surface area contributed by atoms with E-state index in [0.717, 1.165) is 38.3 Å². The second-order valence-electron chi connectivity index (χ2n) is 5.44. The lowest BCUT2D eigenvalue weighted by atomic mass is 9.96. The molecular weight excluding hydrogens is 226 g/mol. The zero-order chi connectivity index (χ0) is 12.4. The minimum absolute atomic E-state index is 0.245. The zero-order valence-electron chi connectivity index (χ0n) is 10.7. The molecule has 18 heavy (non-hydrogen) atoms. The van der Waals surface area contributed by atoms with Crippen LogP contribution in [-0.4, -0.2) is 25.9 Å². The Morgan fingerprint density at radius 3 is 2.72 bits per heavy atom. The molecule has 0 spiro atoms. The number of ether oxygens (including phenoxy) is 2. The van der Waals surface area contributed by atoms with Crippen LogP contribution in [0.5, 0.6) is 5.75 Å². The highest BCUT2D eigenvalue weighted by molar-refractivity contribution is 5.38. The summed E-state index contributed by atoms with van der Waals surface area (Å²) in [5, 5.41) is 0. The van der Waals surface area contributed by atoms with Gasteiger partial charge < -0.3 is 15.2 Å². The Bertz CT molecular complexity index is 409. The Kier molecular flexibility index (Phi) is 3.27. The van der Waals surface area contributed by atoms with Gasteiger partial charge in [-0.1, -0.05) is 12.1 Å². The summed E-state index contributed by atoms with van der Waals surface area (Å²) >= 11 is 0. The van der Waals surface area contributed by atoms with Crippen LogP contribution >= 0.6 is 0 Å². The summed E-state index contributed by atoms with van der Waals surface area (Å²) in [4.78, 5) is 0. The second kappa shape index (κ2) is 4.90. The SMILES string of the molecule is NCC1(c2cccc(OC3CCOCC3)c2)CC1. The van der Waals surface area contributed by atoms with Crippen LogP contribution in [0.3, 0.4) is 0 Å². The van der Waals surface area contributed by atoms with Crippen LogP contribution in [0.1, 0.15) is 31.2 Å². The molecule has 0 bridgehead atoms. The van der Waals surface area contributed by atoms with Crippen molar-refractivity contribution in [3.63, 3.8) is 0 Å². The third kappa shape index (κ3) is 2.38. The van der Waals surface area contributed by atoms with E-state index in [2.05, 4.69) is 18.2 Å². The van der Waals surface area contributed by atoms with E-state index in [0.29, 0.717) is 6.10 Å². The van der Waals surface area contributed by atoms with Crippen molar-refractivity contribution >= 4 is 0 Å². The number of hydrogen-bond donors (Lipinski definition) is 1. The normalized spacial score (nSPS) is 22.7. The van der Waals surface area contributed by atoms with E-state index in [4.69, 9.17) is 15.2 Å². The number of rotatable bonds is 4. The van der Waals surface area contributed by atoms with Crippen LogP contribution in [0.4, 0.5) is 0 Å². The lowest BCUT2D eigenvalue weighted by molar-refractivity contribution is 0.0255. The minimum atomic E-state index is 0.245. The van der Waals surface area contributed by atoms with Gasteiger partial charge in [0.1, 0.15) is 11.9 Å². The number of hydrogen-bond acceptors (Lipinski definition) is 3. The molecule has 1 saturated heterocycles. The molecule has 3 nitrogen and oxygen atoms in total. The van der Waals surface area contributed by atoms with E-state index in [1.165, 1.54) is 18.4 Å². The molecule has 0 atom stereocenters. The molecule has 1 aliphatic carbocycles. The van der Waals surface area contributed by atoms with Crippen molar-refractivity contribution in [1.82, 2.24) is 0 Å². The largest absolute Gasteiger partial charge is 0.490 e. The van der Waals surface area contributed by atoms with Gasteiger partial charge in [0.05, 0.1) is 13.2 Å². The smallest absolute Gasteiger partial charge is 0.120 e. The lowest BCUT2D eigenvalue weighted by Gasteiger charge is -2.24. The van der Waals surface area contributed by atoms with Crippen LogP contribution in [0.15, 0.2) is 24.3 Å². The third-order valence-corrected chi connectivity index (χ3v) is 4.16. The van der Waals surface area contributed by atoms with Gasteiger partial charge in [-0.15, -0.1) is 0 Å². The number of benzene rings is 1. The minimum Gasteiger partial charge on any atom is -0.490 e. The van der Waals surface area contributed by atoms with Crippen molar-refractivity contribution < 1.29 is 9.47 Å². The van der Waals surface area contributed by atoms with Crippen molar-refractivity contribution in [2.45, 2.75) is 37.2 Å². The van der Waals surface area contributed by atoms with Gasteiger partial charge in [0, 0.05) is 24.8 Å². The quantitative estimate of drug-likeness (QED) is 0.887. The van der Waals surface area contributed by atoms with Gasteiger partial charge in [0.15, 0.2) is 0 Å². The highest BCUT2D eigenvalue weighted by Gasteiger charge is 2.42. The van der Waals surface area contributed by atoms with Crippen molar-refractivity contribution in [3.8, 4) is 5.75 Å². The van der Waals surface area contributed by atoms with Crippen LogP contribution in [0.2, 0.25) is 0 Å². The summed E-state index contributed by atoms with van der Waals surface area (Å²) in [6.07, 6.45) is 4.72. The van der Waals surface area contributed by atoms with Gasteiger partial charge in [-0.3, -0.25) is 0 Å². The van der Waals surface area contributed by atoms with Gasteiger partial charge in [0.2, 0.25) is 0 Å². The molecule has 0 radical (unpaired) electrons. The zero-order valence-corrected chi connectivity index (χ0v) is 10.7. The molecule has 3 heteroatoms. The highest BCUT2D eigenvalue weighted by Crippen LogP contribution is 2.47. The van der Waals surface area contributed by atoms with Crippen molar-refractivity contribution in [3.05, 3.63) is 29.8 Å². The second-order valence-corrected chi connectivity index (χ2v) is 5.44. The summed E-state index contributed by atoms with van der Waals surface area (Å²) in [6.45, 7) is 2.38. The molecule has 1 aromatic rings. The Morgan fingerprint density at radius 2 is 2.06 bits per heavy atom. The Labute approximate surface area is 108 Å². The lowest BCUT2D eigenvalue weighted by Crippen LogP contribution is -2.26. The molecule has 1 aliphatic heterocycles. The van der Waals surface area contributed by atoms with E-state index < -0.39 is 0 Å². The molecule has 1 aromatic carbocycles. The van der Waals surface area contributed by atoms with E-state index in [-0.39, 0.29) is 5.41 Å². The molecule has 2 N–H and O–H groups in total. The van der Waals surface area contributed by atoms with Gasteiger partial charge in [-0.05, 0) is 30.5 Å². The highest BCUT2D eigenvalue weighted by atomic mass is 16.5. The first kappa shape index (κ1) is 12.0. The fraction of sp³-hybridized carbons (Fsp3) is 0.600. The summed E-state index contributed by atoms with van der Waals surface area (Å²) in [6, 6.07) is 8.48. The monoisotopic (exact) mass is 247 g/mol. The molecule has 98 valence electrons. The van der Waals surface area contributed by atoms with Crippen LogP contribution < -0.4 is 10.5 Å². The third-order valence-electron chi connectivity index (χ3n) is 4.16. The summed E-state index contributed by atoms with van der Waals surface area (Å²) in [5.41, 5.74) is 7.47. The van der Waals surface area contributed by atoms with E-state index in [1.807, 2.05) is 6.07 Å². The molecule has 1 heterocycles. The summed E-state index contributed by atoms with van der Waals surface area (Å²) in [7, 11) is 0. The molecule has 1 saturated carbocycles. The van der Waals surface area contributed by atoms with E-state index in [9.17, 15) is 0 Å². The van der Waals surface area contributed by atoms with Crippen LogP contribution in [-0.2, 0) is 10.2 Å².